The highest BCUT2D eigenvalue weighted by Gasteiger charge is 2.23. The lowest BCUT2D eigenvalue weighted by atomic mass is 10.2. The summed E-state index contributed by atoms with van der Waals surface area (Å²) in [6.45, 7) is 3.26. The Balaban J connectivity index is 2.18. The summed E-state index contributed by atoms with van der Waals surface area (Å²) < 4.78 is 32.8. The van der Waals surface area contributed by atoms with E-state index >= 15 is 0 Å². The maximum atomic E-state index is 12.5. The van der Waals surface area contributed by atoms with Gasteiger partial charge in [-0.2, -0.15) is 4.31 Å². The van der Waals surface area contributed by atoms with Gasteiger partial charge in [0.15, 0.2) is 6.61 Å². The number of ether oxygens (including phenoxy) is 1. The highest BCUT2D eigenvalue weighted by Crippen LogP contribution is 2.16. The van der Waals surface area contributed by atoms with Crippen LogP contribution in [0.3, 0.4) is 0 Å². The van der Waals surface area contributed by atoms with Gasteiger partial charge in [0.1, 0.15) is 11.4 Å². The number of esters is 1. The number of nitrogens with zero attached hydrogens (tertiary/aromatic N) is 3. The number of Topliss-reactive ketones (excluding diaryl/α,β-unsaturated/α-hetero) is 1. The number of ketones is 1. The van der Waals surface area contributed by atoms with E-state index in [-0.39, 0.29) is 16.3 Å². The van der Waals surface area contributed by atoms with Crippen molar-refractivity contribution in [2.24, 2.45) is 14.1 Å². The van der Waals surface area contributed by atoms with Gasteiger partial charge in [0.05, 0.1) is 10.5 Å². The molecule has 0 amide bonds. The van der Waals surface area contributed by atoms with E-state index in [1.807, 2.05) is 0 Å². The van der Waals surface area contributed by atoms with Crippen molar-refractivity contribution in [3.8, 4) is 0 Å². The van der Waals surface area contributed by atoms with E-state index in [1.54, 1.807) is 13.8 Å². The molecule has 1 aromatic carbocycles. The van der Waals surface area contributed by atoms with E-state index in [0.717, 1.165) is 9.13 Å². The van der Waals surface area contributed by atoms with Crippen LogP contribution >= 0.6 is 0 Å². The molecule has 0 bridgehead atoms. The van der Waals surface area contributed by atoms with E-state index in [4.69, 9.17) is 10.5 Å². The molecule has 2 aromatic rings. The first-order valence-electron chi connectivity index (χ1n) is 9.33. The average molecular weight is 452 g/mol. The molecule has 0 saturated heterocycles. The summed E-state index contributed by atoms with van der Waals surface area (Å²) >= 11 is 0. The minimum absolute atomic E-state index is 0.0188. The summed E-state index contributed by atoms with van der Waals surface area (Å²) in [6, 6.07) is 5.07. The molecule has 0 unspecified atom stereocenters. The number of carbonyl (C=O) groups is 2. The zero-order valence-corrected chi connectivity index (χ0v) is 18.4. The fraction of sp³-hybridized carbons (Fsp3) is 0.368. The zero-order chi connectivity index (χ0) is 23.5. The molecule has 0 radical (unpaired) electrons. The maximum absolute atomic E-state index is 12.5. The summed E-state index contributed by atoms with van der Waals surface area (Å²) in [7, 11) is -1.18. The lowest BCUT2D eigenvalue weighted by Crippen LogP contribution is -2.42. The molecular formula is C19H24N4O7S. The van der Waals surface area contributed by atoms with Gasteiger partial charge in [-0.3, -0.25) is 18.7 Å². The monoisotopic (exact) mass is 452 g/mol. The van der Waals surface area contributed by atoms with Crippen LogP contribution < -0.4 is 17.0 Å². The lowest BCUT2D eigenvalue weighted by Gasteiger charge is -2.18. The van der Waals surface area contributed by atoms with Gasteiger partial charge in [-0.1, -0.05) is 13.8 Å². The van der Waals surface area contributed by atoms with Crippen molar-refractivity contribution in [3.63, 3.8) is 0 Å². The molecule has 0 aliphatic rings. The molecule has 0 atom stereocenters. The predicted molar refractivity (Wildman–Crippen MR) is 112 cm³/mol. The van der Waals surface area contributed by atoms with Crippen molar-refractivity contribution < 1.29 is 22.7 Å². The first kappa shape index (κ1) is 24.0. The second kappa shape index (κ2) is 9.27. The molecule has 12 heteroatoms. The second-order valence-corrected chi connectivity index (χ2v) is 8.52. The Morgan fingerprint density at radius 2 is 1.58 bits per heavy atom. The van der Waals surface area contributed by atoms with Crippen molar-refractivity contribution in [3.05, 3.63) is 56.2 Å². The van der Waals surface area contributed by atoms with Crippen LogP contribution in [0.4, 0.5) is 5.82 Å². The average Bonchev–Trinajstić information content (AvgIpc) is 2.75. The molecular weight excluding hydrogens is 428 g/mol. The zero-order valence-electron chi connectivity index (χ0n) is 17.6. The first-order chi connectivity index (χ1) is 14.5. The number of nitrogen functional groups attached to an aromatic ring is 1. The summed E-state index contributed by atoms with van der Waals surface area (Å²) in [6.07, 6.45) is 0. The number of aromatic nitrogens is 2. The number of benzene rings is 1. The number of sulfonamides is 1. The SMILES string of the molecule is CCN(CC)S(=O)(=O)c1ccc(C(=O)OCC(=O)c2c(N)n(C)c(=O)n(C)c2=O)cc1. The molecule has 1 heterocycles. The van der Waals surface area contributed by atoms with Gasteiger partial charge in [-0.25, -0.2) is 18.0 Å². The van der Waals surface area contributed by atoms with Crippen LogP contribution in [0.25, 0.3) is 0 Å². The first-order valence-corrected chi connectivity index (χ1v) is 10.8. The Morgan fingerprint density at radius 1 is 1.03 bits per heavy atom. The lowest BCUT2D eigenvalue weighted by molar-refractivity contribution is 0.0474. The van der Waals surface area contributed by atoms with Crippen molar-refractivity contribution in [2.45, 2.75) is 18.7 Å². The summed E-state index contributed by atoms with van der Waals surface area (Å²) in [5.74, 6) is -2.09. The molecule has 31 heavy (non-hydrogen) atoms. The van der Waals surface area contributed by atoms with Crippen molar-refractivity contribution in [2.75, 3.05) is 25.4 Å². The van der Waals surface area contributed by atoms with Gasteiger partial charge >= 0.3 is 11.7 Å². The van der Waals surface area contributed by atoms with Gasteiger partial charge in [0.25, 0.3) is 5.56 Å². The highest BCUT2D eigenvalue weighted by atomic mass is 32.2. The van der Waals surface area contributed by atoms with Crippen molar-refractivity contribution in [1.29, 1.82) is 0 Å². The highest BCUT2D eigenvalue weighted by molar-refractivity contribution is 7.89. The molecule has 2 N–H and O–H groups in total. The molecule has 2 rings (SSSR count). The third-order valence-electron chi connectivity index (χ3n) is 4.76. The normalized spacial score (nSPS) is 11.5. The second-order valence-electron chi connectivity index (χ2n) is 6.58. The van der Waals surface area contributed by atoms with Crippen LogP contribution in [0.15, 0.2) is 38.8 Å². The van der Waals surface area contributed by atoms with Crippen LogP contribution in [0, 0.1) is 0 Å². The Kier molecular flexibility index (Phi) is 7.18. The molecule has 0 saturated carbocycles. The van der Waals surface area contributed by atoms with E-state index < -0.39 is 45.2 Å². The van der Waals surface area contributed by atoms with Crippen LogP contribution in [-0.4, -0.2) is 53.3 Å². The third kappa shape index (κ3) is 4.59. The van der Waals surface area contributed by atoms with E-state index in [1.165, 1.54) is 42.7 Å². The Hall–Kier alpha value is -3.25. The van der Waals surface area contributed by atoms with Crippen molar-refractivity contribution in [1.82, 2.24) is 13.4 Å². The number of nitrogens with two attached hydrogens (primary N) is 1. The standard InChI is InChI=1S/C19H24N4O7S/c1-5-23(6-2)31(28,29)13-9-7-12(8-10-13)18(26)30-11-14(24)15-16(20)21(3)19(27)22(4)17(15)25/h7-10H,5-6,11,20H2,1-4H3. The van der Waals surface area contributed by atoms with E-state index in [2.05, 4.69) is 0 Å². The molecule has 0 fully saturated rings. The van der Waals surface area contributed by atoms with Crippen molar-refractivity contribution >= 4 is 27.6 Å². The minimum atomic E-state index is -3.68. The molecule has 0 aliphatic heterocycles. The Morgan fingerprint density at radius 3 is 2.10 bits per heavy atom. The topological polar surface area (TPSA) is 151 Å². The fourth-order valence-electron chi connectivity index (χ4n) is 2.88. The predicted octanol–water partition coefficient (Wildman–Crippen LogP) is -0.264. The largest absolute Gasteiger partial charge is 0.454 e. The molecule has 168 valence electrons. The Labute approximate surface area is 178 Å². The number of hydrogen-bond acceptors (Lipinski definition) is 8. The van der Waals surface area contributed by atoms with E-state index in [0.29, 0.717) is 13.1 Å². The number of anilines is 1. The van der Waals surface area contributed by atoms with Gasteiger partial charge < -0.3 is 10.5 Å². The number of rotatable bonds is 8. The summed E-state index contributed by atoms with van der Waals surface area (Å²) in [5, 5.41) is 0. The molecule has 0 aliphatic carbocycles. The van der Waals surface area contributed by atoms with Gasteiger partial charge in [0.2, 0.25) is 15.8 Å². The smallest absolute Gasteiger partial charge is 0.338 e. The minimum Gasteiger partial charge on any atom is -0.454 e. The number of carbonyl (C=O) groups excluding carboxylic acids is 2. The van der Waals surface area contributed by atoms with Gasteiger partial charge in [0, 0.05) is 27.2 Å². The molecule has 1 aromatic heterocycles. The maximum Gasteiger partial charge on any atom is 0.338 e. The van der Waals surface area contributed by atoms with Gasteiger partial charge in [-0.15, -0.1) is 0 Å². The fourth-order valence-corrected chi connectivity index (χ4v) is 4.34. The summed E-state index contributed by atoms with van der Waals surface area (Å²) in [4.78, 5) is 48.7. The van der Waals surface area contributed by atoms with Crippen LogP contribution in [0.2, 0.25) is 0 Å². The quantitative estimate of drug-likeness (QED) is 0.425. The Bertz CT molecular complexity index is 1220. The number of hydrogen-bond donors (Lipinski definition) is 1. The molecule has 11 nitrogen and oxygen atoms in total. The molecule has 0 spiro atoms. The van der Waals surface area contributed by atoms with Crippen LogP contribution in [0.1, 0.15) is 34.6 Å². The van der Waals surface area contributed by atoms with E-state index in [9.17, 15) is 27.6 Å². The van der Waals surface area contributed by atoms with Crippen LogP contribution in [0.5, 0.6) is 0 Å². The summed E-state index contributed by atoms with van der Waals surface area (Å²) in [5.41, 5.74) is 3.67. The third-order valence-corrected chi connectivity index (χ3v) is 6.82. The van der Waals surface area contributed by atoms with Gasteiger partial charge in [-0.05, 0) is 24.3 Å². The van der Waals surface area contributed by atoms with Crippen LogP contribution in [-0.2, 0) is 28.9 Å².